The summed E-state index contributed by atoms with van der Waals surface area (Å²) in [7, 11) is 1.40. The molecule has 8 nitrogen and oxygen atoms in total. The van der Waals surface area contributed by atoms with E-state index in [2.05, 4.69) is 20.0 Å². The predicted octanol–water partition coefficient (Wildman–Crippen LogP) is 2.79. The second-order valence-electron chi connectivity index (χ2n) is 8.01. The summed E-state index contributed by atoms with van der Waals surface area (Å²) in [5.41, 5.74) is -0.850. The second kappa shape index (κ2) is 7.91. The number of alkyl halides is 3. The Hall–Kier alpha value is -3.02. The van der Waals surface area contributed by atoms with E-state index in [1.165, 1.54) is 13.1 Å². The number of aromatic nitrogens is 2. The minimum Gasteiger partial charge on any atom is -0.365 e. The van der Waals surface area contributed by atoms with Crippen LogP contribution in [0.15, 0.2) is 22.7 Å². The summed E-state index contributed by atoms with van der Waals surface area (Å²) < 4.78 is 62.5. The highest BCUT2D eigenvalue weighted by atomic mass is 19.4. The van der Waals surface area contributed by atoms with Crippen molar-refractivity contribution in [1.29, 1.82) is 0 Å². The van der Waals surface area contributed by atoms with E-state index in [0.717, 1.165) is 17.0 Å². The molecular formula is C19H20F4N4O4. The van der Waals surface area contributed by atoms with E-state index in [1.54, 1.807) is 0 Å². The highest BCUT2D eigenvalue weighted by Gasteiger charge is 2.47. The Morgan fingerprint density at radius 2 is 1.94 bits per heavy atom. The molecule has 1 fully saturated rings. The average Bonchev–Trinajstić information content (AvgIpc) is 3.16. The lowest BCUT2D eigenvalue weighted by Crippen LogP contribution is -2.63. The molecule has 2 unspecified atom stereocenters. The summed E-state index contributed by atoms with van der Waals surface area (Å²) in [6, 6.07) is 2.25. The third-order valence-electron chi connectivity index (χ3n) is 4.73. The summed E-state index contributed by atoms with van der Waals surface area (Å²) in [5, 5.41) is 5.64. The first-order chi connectivity index (χ1) is 14.3. The highest BCUT2D eigenvalue weighted by molar-refractivity contribution is 6.02. The van der Waals surface area contributed by atoms with Gasteiger partial charge in [-0.25, -0.2) is 4.39 Å². The maximum absolute atomic E-state index is 14.8. The second-order valence-corrected chi connectivity index (χ2v) is 8.01. The van der Waals surface area contributed by atoms with Crippen LogP contribution in [-0.4, -0.2) is 47.8 Å². The van der Waals surface area contributed by atoms with Gasteiger partial charge in [0.15, 0.2) is 0 Å². The molecule has 1 saturated heterocycles. The van der Waals surface area contributed by atoms with Crippen LogP contribution in [0.3, 0.4) is 0 Å². The SMILES string of the molecule is CNC(=O)C1C(C(C)(C)C)OCC(=O)N1c1ccc(-c2noc(C(F)(F)F)n2)c(F)c1. The van der Waals surface area contributed by atoms with Crippen LogP contribution in [0.4, 0.5) is 23.2 Å². The molecule has 2 aromatic rings. The summed E-state index contributed by atoms with van der Waals surface area (Å²) in [4.78, 5) is 29.5. The third-order valence-corrected chi connectivity index (χ3v) is 4.73. The van der Waals surface area contributed by atoms with E-state index in [0.29, 0.717) is 0 Å². The summed E-state index contributed by atoms with van der Waals surface area (Å²) in [6.45, 7) is 5.18. The summed E-state index contributed by atoms with van der Waals surface area (Å²) >= 11 is 0. The standard InChI is InChI=1S/C19H20F4N4O4/c1-18(2,3)14-13(16(29)24-4)27(12(28)8-30-14)9-5-6-10(11(20)7-9)15-25-17(31-26-15)19(21,22)23/h5-7,13-14H,8H2,1-4H3,(H,24,29). The molecule has 1 aromatic carbocycles. The fraction of sp³-hybridized carbons (Fsp3) is 0.474. The number of amides is 2. The van der Waals surface area contributed by atoms with Gasteiger partial charge in [-0.3, -0.25) is 14.5 Å². The molecule has 0 spiro atoms. The number of rotatable bonds is 3. The number of carbonyl (C=O) groups is 2. The number of anilines is 1. The van der Waals surface area contributed by atoms with Crippen molar-refractivity contribution in [2.45, 2.75) is 39.1 Å². The van der Waals surface area contributed by atoms with E-state index in [9.17, 15) is 27.2 Å². The van der Waals surface area contributed by atoms with Crippen LogP contribution in [0.5, 0.6) is 0 Å². The van der Waals surface area contributed by atoms with E-state index in [1.807, 2.05) is 20.8 Å². The van der Waals surface area contributed by atoms with Crippen LogP contribution < -0.4 is 10.2 Å². The number of benzene rings is 1. The van der Waals surface area contributed by atoms with Crippen molar-refractivity contribution >= 4 is 17.5 Å². The molecule has 12 heteroatoms. The maximum atomic E-state index is 14.8. The number of hydrogen-bond acceptors (Lipinski definition) is 6. The van der Waals surface area contributed by atoms with Gasteiger partial charge in [-0.1, -0.05) is 25.9 Å². The van der Waals surface area contributed by atoms with Crippen molar-refractivity contribution < 1.29 is 36.4 Å². The van der Waals surface area contributed by atoms with Crippen LogP contribution in [-0.2, 0) is 20.5 Å². The van der Waals surface area contributed by atoms with Gasteiger partial charge in [0.1, 0.15) is 18.5 Å². The molecule has 0 saturated carbocycles. The van der Waals surface area contributed by atoms with Crippen LogP contribution >= 0.6 is 0 Å². The Bertz CT molecular complexity index is 1000. The Balaban J connectivity index is 2.02. The van der Waals surface area contributed by atoms with Gasteiger partial charge >= 0.3 is 12.1 Å². The molecule has 0 aliphatic carbocycles. The van der Waals surface area contributed by atoms with Gasteiger partial charge in [0.2, 0.25) is 11.7 Å². The van der Waals surface area contributed by atoms with Crippen LogP contribution in [0.25, 0.3) is 11.4 Å². The number of carbonyl (C=O) groups excluding carboxylic acids is 2. The number of likely N-dealkylation sites (N-methyl/N-ethyl adjacent to an activating group) is 1. The lowest BCUT2D eigenvalue weighted by Gasteiger charge is -2.45. The largest absolute Gasteiger partial charge is 0.471 e. The zero-order valence-corrected chi connectivity index (χ0v) is 17.1. The van der Waals surface area contributed by atoms with Crippen LogP contribution in [0, 0.1) is 11.2 Å². The quantitative estimate of drug-likeness (QED) is 0.732. The van der Waals surface area contributed by atoms with E-state index >= 15 is 0 Å². The number of halogens is 4. The number of hydrogen-bond donors (Lipinski definition) is 1. The molecule has 168 valence electrons. The van der Waals surface area contributed by atoms with Crippen LogP contribution in [0.2, 0.25) is 0 Å². The smallest absolute Gasteiger partial charge is 0.365 e. The zero-order valence-electron chi connectivity index (χ0n) is 17.1. The average molecular weight is 444 g/mol. The van der Waals surface area contributed by atoms with Gasteiger partial charge in [0.25, 0.3) is 5.91 Å². The molecule has 2 atom stereocenters. The van der Waals surface area contributed by atoms with Gasteiger partial charge in [-0.05, 0) is 23.6 Å². The topological polar surface area (TPSA) is 97.6 Å². The number of nitrogens with zero attached hydrogens (tertiary/aromatic N) is 3. The Labute approximate surface area is 174 Å². The van der Waals surface area contributed by atoms with Crippen molar-refractivity contribution in [2.24, 2.45) is 5.41 Å². The molecule has 1 aliphatic rings. The Morgan fingerprint density at radius 1 is 1.26 bits per heavy atom. The highest BCUT2D eigenvalue weighted by Crippen LogP contribution is 2.35. The van der Waals surface area contributed by atoms with Gasteiger partial charge in [0.05, 0.1) is 11.7 Å². The first kappa shape index (κ1) is 22.7. The van der Waals surface area contributed by atoms with E-state index in [4.69, 9.17) is 4.74 Å². The van der Waals surface area contributed by atoms with E-state index < -0.39 is 53.1 Å². The number of nitrogens with one attached hydrogen (secondary N) is 1. The van der Waals surface area contributed by atoms with Crippen LogP contribution in [0.1, 0.15) is 26.7 Å². The van der Waals surface area contributed by atoms with Crippen molar-refractivity contribution in [1.82, 2.24) is 15.5 Å². The predicted molar refractivity (Wildman–Crippen MR) is 99.2 cm³/mol. The molecule has 3 rings (SSSR count). The third kappa shape index (κ3) is 4.38. The number of ether oxygens (including phenoxy) is 1. The van der Waals surface area contributed by atoms with Crippen molar-refractivity contribution in [3.63, 3.8) is 0 Å². The van der Waals surface area contributed by atoms with E-state index in [-0.39, 0.29) is 17.9 Å². The molecule has 2 amide bonds. The van der Waals surface area contributed by atoms with Crippen molar-refractivity contribution in [3.05, 3.63) is 29.9 Å². The molecular weight excluding hydrogens is 424 g/mol. The van der Waals surface area contributed by atoms with Gasteiger partial charge in [0, 0.05) is 12.7 Å². The van der Waals surface area contributed by atoms with Gasteiger partial charge < -0.3 is 14.6 Å². The first-order valence-corrected chi connectivity index (χ1v) is 9.20. The Morgan fingerprint density at radius 3 is 2.45 bits per heavy atom. The lowest BCUT2D eigenvalue weighted by molar-refractivity contribution is -0.159. The Kier molecular flexibility index (Phi) is 5.78. The monoisotopic (exact) mass is 444 g/mol. The normalized spacial score (nSPS) is 20.1. The summed E-state index contributed by atoms with van der Waals surface area (Å²) in [6.07, 6.45) is -5.57. The molecule has 1 N–H and O–H groups in total. The molecule has 1 aromatic heterocycles. The van der Waals surface area contributed by atoms with Crippen molar-refractivity contribution in [2.75, 3.05) is 18.6 Å². The molecule has 1 aliphatic heterocycles. The van der Waals surface area contributed by atoms with Crippen molar-refractivity contribution in [3.8, 4) is 11.4 Å². The maximum Gasteiger partial charge on any atom is 0.471 e. The molecule has 0 bridgehead atoms. The molecule has 0 radical (unpaired) electrons. The minimum atomic E-state index is -4.87. The first-order valence-electron chi connectivity index (χ1n) is 9.20. The summed E-state index contributed by atoms with van der Waals surface area (Å²) in [5.74, 6) is -4.28. The number of morpholine rings is 1. The zero-order chi connectivity index (χ0) is 23.1. The fourth-order valence-corrected chi connectivity index (χ4v) is 3.33. The molecule has 2 heterocycles. The van der Waals surface area contributed by atoms with Gasteiger partial charge in [-0.2, -0.15) is 18.2 Å². The molecule has 31 heavy (non-hydrogen) atoms. The minimum absolute atomic E-state index is 0.0388. The lowest BCUT2D eigenvalue weighted by atomic mass is 9.82. The van der Waals surface area contributed by atoms with Gasteiger partial charge in [-0.15, -0.1) is 0 Å². The fourth-order valence-electron chi connectivity index (χ4n) is 3.33.